The zero-order valence-corrected chi connectivity index (χ0v) is 19.8. The maximum atomic E-state index is 12.5. The maximum absolute atomic E-state index is 12.5. The Bertz CT molecular complexity index is 1220. The third kappa shape index (κ3) is 5.13. The molecule has 1 amide bonds. The van der Waals surface area contributed by atoms with Crippen LogP contribution < -0.4 is 4.74 Å². The fourth-order valence-electron chi connectivity index (χ4n) is 4.87. The van der Waals surface area contributed by atoms with E-state index in [9.17, 15) is 4.79 Å². The van der Waals surface area contributed by atoms with Crippen LogP contribution in [-0.4, -0.2) is 46.6 Å². The molecule has 0 saturated carbocycles. The Morgan fingerprint density at radius 2 is 1.80 bits per heavy atom. The highest BCUT2D eigenvalue weighted by Gasteiger charge is 2.40. The number of pyridine rings is 1. The minimum Gasteiger partial charge on any atom is -0.447 e. The number of amides is 1. The van der Waals surface area contributed by atoms with E-state index >= 15 is 0 Å². The number of aryl methyl sites for hydroxylation is 1. The third-order valence-corrected chi connectivity index (χ3v) is 6.82. The molecule has 2 aliphatic heterocycles. The van der Waals surface area contributed by atoms with Crippen LogP contribution >= 0.6 is 0 Å². The van der Waals surface area contributed by atoms with Gasteiger partial charge in [-0.3, -0.25) is 9.80 Å². The lowest BCUT2D eigenvalue weighted by atomic mass is 9.98. The van der Waals surface area contributed by atoms with E-state index in [0.717, 1.165) is 43.7 Å². The van der Waals surface area contributed by atoms with Crippen molar-refractivity contribution in [3.05, 3.63) is 89.1 Å². The van der Waals surface area contributed by atoms with Crippen molar-refractivity contribution >= 4 is 6.09 Å². The molecule has 0 radical (unpaired) electrons. The van der Waals surface area contributed by atoms with Crippen LogP contribution in [0, 0.1) is 18.3 Å². The fourth-order valence-corrected chi connectivity index (χ4v) is 4.87. The molecule has 3 heterocycles. The number of carbonyl (C=O) groups excluding carboxylic acids is 1. The van der Waals surface area contributed by atoms with Gasteiger partial charge in [-0.2, -0.15) is 5.26 Å². The minimum atomic E-state index is -0.199. The van der Waals surface area contributed by atoms with Gasteiger partial charge in [0.15, 0.2) is 0 Å². The van der Waals surface area contributed by atoms with E-state index in [1.807, 2.05) is 36.1 Å². The standard InChI is InChI=1S/C28H28N4O3/c1-20-23(9-12-27(30-20)35-25-10-7-21(17-29)8-11-25)18-31-15-13-24(14-16-31)32-26(19-34-28(32)33)22-5-3-2-4-6-22/h2-12,24,26H,13-16,18-19H2,1H3. The predicted molar refractivity (Wildman–Crippen MR) is 131 cm³/mol. The Hall–Kier alpha value is -3.89. The van der Waals surface area contributed by atoms with Crippen LogP contribution in [0.4, 0.5) is 4.79 Å². The molecule has 1 atom stereocenters. The number of nitriles is 1. The van der Waals surface area contributed by atoms with Crippen molar-refractivity contribution in [2.45, 2.75) is 38.4 Å². The molecule has 2 aromatic carbocycles. The van der Waals surface area contributed by atoms with Gasteiger partial charge in [0.1, 0.15) is 12.4 Å². The van der Waals surface area contributed by atoms with Gasteiger partial charge in [-0.25, -0.2) is 9.78 Å². The average molecular weight is 469 g/mol. The van der Waals surface area contributed by atoms with E-state index in [2.05, 4.69) is 34.2 Å². The van der Waals surface area contributed by atoms with E-state index < -0.39 is 0 Å². The molecule has 0 spiro atoms. The Morgan fingerprint density at radius 3 is 2.49 bits per heavy atom. The zero-order valence-electron chi connectivity index (χ0n) is 19.8. The number of nitrogens with zero attached hydrogens (tertiary/aromatic N) is 4. The summed E-state index contributed by atoms with van der Waals surface area (Å²) in [7, 11) is 0. The van der Waals surface area contributed by atoms with E-state index in [1.165, 1.54) is 5.56 Å². The topological polar surface area (TPSA) is 78.7 Å². The van der Waals surface area contributed by atoms with Crippen LogP contribution in [0.2, 0.25) is 0 Å². The molecule has 7 nitrogen and oxygen atoms in total. The average Bonchev–Trinajstić information content (AvgIpc) is 3.28. The second kappa shape index (κ2) is 10.2. The van der Waals surface area contributed by atoms with Gasteiger partial charge in [-0.1, -0.05) is 36.4 Å². The van der Waals surface area contributed by atoms with Crippen molar-refractivity contribution in [1.29, 1.82) is 5.26 Å². The lowest BCUT2D eigenvalue weighted by Crippen LogP contribution is -2.46. The van der Waals surface area contributed by atoms with Crippen LogP contribution in [0.15, 0.2) is 66.7 Å². The van der Waals surface area contributed by atoms with Gasteiger partial charge in [-0.05, 0) is 55.2 Å². The molecule has 2 saturated heterocycles. The van der Waals surface area contributed by atoms with Crippen molar-refractivity contribution in [2.75, 3.05) is 19.7 Å². The molecule has 5 rings (SSSR count). The highest BCUT2D eigenvalue weighted by molar-refractivity contribution is 5.71. The van der Waals surface area contributed by atoms with Gasteiger partial charge in [-0.15, -0.1) is 0 Å². The molecular weight excluding hydrogens is 440 g/mol. The molecule has 0 N–H and O–H groups in total. The molecule has 0 bridgehead atoms. The first kappa shape index (κ1) is 22.9. The molecule has 2 fully saturated rings. The van der Waals surface area contributed by atoms with E-state index in [4.69, 9.17) is 14.7 Å². The van der Waals surface area contributed by atoms with Gasteiger partial charge in [0, 0.05) is 37.4 Å². The zero-order chi connectivity index (χ0) is 24.2. The lowest BCUT2D eigenvalue weighted by Gasteiger charge is -2.38. The molecule has 7 heteroatoms. The second-order valence-electron chi connectivity index (χ2n) is 9.05. The van der Waals surface area contributed by atoms with Crippen molar-refractivity contribution in [3.8, 4) is 17.7 Å². The van der Waals surface area contributed by atoms with Crippen LogP contribution in [0.1, 0.15) is 41.3 Å². The van der Waals surface area contributed by atoms with Crippen molar-refractivity contribution < 1.29 is 14.3 Å². The van der Waals surface area contributed by atoms with E-state index in [1.54, 1.807) is 24.3 Å². The summed E-state index contributed by atoms with van der Waals surface area (Å²) in [4.78, 5) is 21.5. The van der Waals surface area contributed by atoms with Crippen molar-refractivity contribution in [2.24, 2.45) is 0 Å². The highest BCUT2D eigenvalue weighted by atomic mass is 16.6. The summed E-state index contributed by atoms with van der Waals surface area (Å²) in [5.41, 5.74) is 3.83. The smallest absolute Gasteiger partial charge is 0.410 e. The normalized spacial score (nSPS) is 18.8. The number of benzene rings is 2. The van der Waals surface area contributed by atoms with Gasteiger partial charge in [0.25, 0.3) is 0 Å². The third-order valence-electron chi connectivity index (χ3n) is 6.82. The Labute approximate surface area is 205 Å². The van der Waals surface area contributed by atoms with Crippen LogP contribution in [0.3, 0.4) is 0 Å². The summed E-state index contributed by atoms with van der Waals surface area (Å²) in [6, 6.07) is 23.4. The monoisotopic (exact) mass is 468 g/mol. The summed E-state index contributed by atoms with van der Waals surface area (Å²) in [5, 5.41) is 8.93. The Balaban J connectivity index is 1.18. The number of likely N-dealkylation sites (tertiary alicyclic amines) is 1. The number of hydrogen-bond acceptors (Lipinski definition) is 6. The first-order valence-corrected chi connectivity index (χ1v) is 12.0. The SMILES string of the molecule is Cc1nc(Oc2ccc(C#N)cc2)ccc1CN1CCC(N2C(=O)OCC2c2ccccc2)CC1. The maximum Gasteiger partial charge on any atom is 0.410 e. The van der Waals surface area contributed by atoms with E-state index in [-0.39, 0.29) is 18.2 Å². The van der Waals surface area contributed by atoms with Crippen LogP contribution in [0.25, 0.3) is 0 Å². The van der Waals surface area contributed by atoms with Crippen molar-refractivity contribution in [1.82, 2.24) is 14.8 Å². The number of ether oxygens (including phenoxy) is 2. The summed E-state index contributed by atoms with van der Waals surface area (Å²) < 4.78 is 11.3. The largest absolute Gasteiger partial charge is 0.447 e. The molecule has 178 valence electrons. The molecule has 2 aliphatic rings. The summed E-state index contributed by atoms with van der Waals surface area (Å²) in [6.07, 6.45) is 1.64. The van der Waals surface area contributed by atoms with Crippen LogP contribution in [-0.2, 0) is 11.3 Å². The second-order valence-corrected chi connectivity index (χ2v) is 9.05. The fraction of sp³-hybridized carbons (Fsp3) is 0.321. The molecular formula is C28H28N4O3. The van der Waals surface area contributed by atoms with Gasteiger partial charge < -0.3 is 9.47 Å². The number of aromatic nitrogens is 1. The van der Waals surface area contributed by atoms with E-state index in [0.29, 0.717) is 23.8 Å². The molecule has 35 heavy (non-hydrogen) atoms. The predicted octanol–water partition coefficient (Wildman–Crippen LogP) is 5.21. The summed E-state index contributed by atoms with van der Waals surface area (Å²) in [5.74, 6) is 1.19. The van der Waals surface area contributed by atoms with Gasteiger partial charge in [0.2, 0.25) is 5.88 Å². The Kier molecular flexibility index (Phi) is 6.64. The number of rotatable bonds is 6. The van der Waals surface area contributed by atoms with Gasteiger partial charge in [0.05, 0.1) is 17.7 Å². The Morgan fingerprint density at radius 1 is 1.06 bits per heavy atom. The number of hydrogen-bond donors (Lipinski definition) is 0. The minimum absolute atomic E-state index is 0.00431. The number of cyclic esters (lactones) is 1. The number of piperidine rings is 1. The molecule has 1 unspecified atom stereocenters. The van der Waals surface area contributed by atoms with Crippen LogP contribution in [0.5, 0.6) is 11.6 Å². The molecule has 3 aromatic rings. The quantitative estimate of drug-likeness (QED) is 0.494. The first-order chi connectivity index (χ1) is 17.1. The molecule has 1 aromatic heterocycles. The lowest BCUT2D eigenvalue weighted by molar-refractivity contribution is 0.104. The number of carbonyl (C=O) groups is 1. The summed E-state index contributed by atoms with van der Waals surface area (Å²) in [6.45, 7) is 5.07. The van der Waals surface area contributed by atoms with Gasteiger partial charge >= 0.3 is 6.09 Å². The molecule has 0 aliphatic carbocycles. The van der Waals surface area contributed by atoms with Crippen molar-refractivity contribution in [3.63, 3.8) is 0 Å². The highest BCUT2D eigenvalue weighted by Crippen LogP contribution is 2.33. The first-order valence-electron chi connectivity index (χ1n) is 12.0. The summed E-state index contributed by atoms with van der Waals surface area (Å²) >= 11 is 0.